The third-order valence-electron chi connectivity index (χ3n) is 10.1. The monoisotopic (exact) mass is 722 g/mol. The Hall–Kier alpha value is -7.03. The molecule has 0 spiro atoms. The van der Waals surface area contributed by atoms with Crippen LogP contribution in [-0.4, -0.2) is 13.8 Å². The van der Waals surface area contributed by atoms with Crippen LogP contribution in [0.25, 0.3) is 44.3 Å². The number of aliphatic imine (C=N–C) groups is 1. The van der Waals surface area contributed by atoms with E-state index in [0.717, 1.165) is 28.8 Å². The molecular formula is C54H46N2. The Balaban J connectivity index is 0.00000155. The van der Waals surface area contributed by atoms with Crippen molar-refractivity contribution in [2.75, 3.05) is 7.05 Å². The minimum atomic E-state index is 0.153. The van der Waals surface area contributed by atoms with Crippen molar-refractivity contribution in [3.63, 3.8) is 0 Å². The summed E-state index contributed by atoms with van der Waals surface area (Å²) >= 11 is 0. The van der Waals surface area contributed by atoms with E-state index >= 15 is 0 Å². The highest BCUT2D eigenvalue weighted by Gasteiger charge is 2.18. The van der Waals surface area contributed by atoms with Crippen LogP contribution in [0.2, 0.25) is 0 Å². The predicted molar refractivity (Wildman–Crippen MR) is 241 cm³/mol. The fourth-order valence-electron chi connectivity index (χ4n) is 7.36. The van der Waals surface area contributed by atoms with E-state index in [1.54, 1.807) is 7.05 Å². The molecule has 8 aromatic carbocycles. The Kier molecular flexibility index (Phi) is 12.2. The fourth-order valence-corrected chi connectivity index (χ4v) is 7.36. The normalized spacial score (nSPS) is 11.5. The summed E-state index contributed by atoms with van der Waals surface area (Å²) in [7, 11) is 1.64. The van der Waals surface area contributed by atoms with Gasteiger partial charge in [-0.3, -0.25) is 0 Å². The minimum absolute atomic E-state index is 0.153. The number of nitrogens with two attached hydrogens (primary N) is 1. The van der Waals surface area contributed by atoms with Crippen molar-refractivity contribution in [2.24, 2.45) is 10.7 Å². The molecule has 0 aliphatic heterocycles. The summed E-state index contributed by atoms with van der Waals surface area (Å²) in [6.45, 7) is 3.11. The third-order valence-corrected chi connectivity index (χ3v) is 10.1. The van der Waals surface area contributed by atoms with Gasteiger partial charge in [0, 0.05) is 18.7 Å². The van der Waals surface area contributed by atoms with Crippen LogP contribution in [0, 0.1) is 0 Å². The number of fused-ring (bicyclic) bond motifs is 1. The third kappa shape index (κ3) is 8.84. The van der Waals surface area contributed by atoms with Crippen LogP contribution in [0.15, 0.2) is 223 Å². The topological polar surface area (TPSA) is 38.4 Å². The molecule has 0 radical (unpaired) electrons. The van der Waals surface area contributed by atoms with E-state index in [4.69, 9.17) is 5.73 Å². The molecule has 0 aliphatic carbocycles. The van der Waals surface area contributed by atoms with E-state index in [0.29, 0.717) is 0 Å². The summed E-state index contributed by atoms with van der Waals surface area (Å²) < 4.78 is 0. The van der Waals surface area contributed by atoms with Gasteiger partial charge in [0.1, 0.15) is 0 Å². The highest BCUT2D eigenvalue weighted by molar-refractivity contribution is 6.04. The minimum Gasteiger partial charge on any atom is -0.398 e. The van der Waals surface area contributed by atoms with Crippen molar-refractivity contribution in [3.05, 3.63) is 252 Å². The average Bonchev–Trinajstić information content (AvgIpc) is 3.27. The van der Waals surface area contributed by atoms with Gasteiger partial charge in [0.25, 0.3) is 0 Å². The van der Waals surface area contributed by atoms with Crippen molar-refractivity contribution < 1.29 is 0 Å². The first kappa shape index (κ1) is 37.3. The van der Waals surface area contributed by atoms with Crippen LogP contribution >= 0.6 is 0 Å². The molecule has 0 amide bonds. The van der Waals surface area contributed by atoms with Gasteiger partial charge in [-0.15, -0.1) is 0 Å². The Morgan fingerprint density at radius 2 is 1.04 bits per heavy atom. The van der Waals surface area contributed by atoms with E-state index in [2.05, 4.69) is 212 Å². The molecule has 0 heterocycles. The summed E-state index contributed by atoms with van der Waals surface area (Å²) in [5, 5.41) is 2.47. The second-order valence-corrected chi connectivity index (χ2v) is 13.8. The Labute approximate surface area is 331 Å². The SMILES string of the molecule is C=NC.N/C(=C\C(=C/Cc1ccccc1)c1ccc(-c2ccc3ccccc3c2-c2ccc(C(c3ccccc3)c3ccccc3)cc2)cc1)c1ccccc1. The van der Waals surface area contributed by atoms with Gasteiger partial charge in [-0.25, -0.2) is 0 Å². The molecule has 0 unspecified atom stereocenters. The van der Waals surface area contributed by atoms with Crippen LogP contribution in [0.4, 0.5) is 0 Å². The predicted octanol–water partition coefficient (Wildman–Crippen LogP) is 13.3. The lowest BCUT2D eigenvalue weighted by Crippen LogP contribution is -2.03. The first-order chi connectivity index (χ1) is 27.6. The molecule has 0 aromatic heterocycles. The highest BCUT2D eigenvalue weighted by Crippen LogP contribution is 2.40. The van der Waals surface area contributed by atoms with Crippen molar-refractivity contribution in [2.45, 2.75) is 12.3 Å². The zero-order valence-electron chi connectivity index (χ0n) is 31.8. The summed E-state index contributed by atoms with van der Waals surface area (Å²) in [5.41, 5.74) is 20.6. The van der Waals surface area contributed by atoms with E-state index in [1.165, 1.54) is 55.3 Å². The van der Waals surface area contributed by atoms with Crippen LogP contribution in [0.3, 0.4) is 0 Å². The number of hydrogen-bond donors (Lipinski definition) is 1. The standard InChI is InChI=1S/C52H41N.C2H5N/c53-50(42-18-7-2-8-19-42)37-47(26-25-38-15-5-1-6-16-38)39-27-29-41(30-28-39)49-36-35-40-17-13-14-24-48(40)52(49)46-33-31-45(32-34-46)51(43-20-9-3-10-21-43)44-22-11-4-12-23-44;1-3-2/h1-24,26-37,51H,25,53H2;1H2,2H3/b47-26+,50-37-;. The molecule has 272 valence electrons. The zero-order chi connectivity index (χ0) is 38.5. The van der Waals surface area contributed by atoms with E-state index in [-0.39, 0.29) is 5.92 Å². The molecule has 2 N–H and O–H groups in total. The number of nitrogens with zero attached hydrogens (tertiary/aromatic N) is 1. The largest absolute Gasteiger partial charge is 0.398 e. The maximum absolute atomic E-state index is 6.68. The average molecular weight is 723 g/mol. The maximum atomic E-state index is 6.68. The molecule has 56 heavy (non-hydrogen) atoms. The number of allylic oxidation sites excluding steroid dienone is 3. The molecular weight excluding hydrogens is 677 g/mol. The first-order valence-electron chi connectivity index (χ1n) is 19.1. The second-order valence-electron chi connectivity index (χ2n) is 13.8. The number of benzene rings is 8. The lowest BCUT2D eigenvalue weighted by molar-refractivity contribution is 0.978. The van der Waals surface area contributed by atoms with Crippen molar-refractivity contribution >= 4 is 28.8 Å². The second kappa shape index (κ2) is 18.3. The van der Waals surface area contributed by atoms with E-state index in [9.17, 15) is 0 Å². The zero-order valence-corrected chi connectivity index (χ0v) is 31.8. The van der Waals surface area contributed by atoms with E-state index < -0.39 is 0 Å². The van der Waals surface area contributed by atoms with Gasteiger partial charge in [0.2, 0.25) is 0 Å². The van der Waals surface area contributed by atoms with Crippen LogP contribution in [0.1, 0.15) is 39.3 Å². The molecule has 8 aromatic rings. The Bertz CT molecular complexity index is 2500. The van der Waals surface area contributed by atoms with Crippen LogP contribution in [-0.2, 0) is 6.42 Å². The Morgan fingerprint density at radius 1 is 0.536 bits per heavy atom. The lowest BCUT2D eigenvalue weighted by Gasteiger charge is -2.20. The van der Waals surface area contributed by atoms with Crippen molar-refractivity contribution in [1.29, 1.82) is 0 Å². The number of hydrogen-bond acceptors (Lipinski definition) is 2. The highest BCUT2D eigenvalue weighted by atomic mass is 14.6. The molecule has 0 bridgehead atoms. The summed E-state index contributed by atoms with van der Waals surface area (Å²) in [5.74, 6) is 0.153. The van der Waals surface area contributed by atoms with Crippen molar-refractivity contribution in [1.82, 2.24) is 0 Å². The van der Waals surface area contributed by atoms with Gasteiger partial charge in [0.15, 0.2) is 0 Å². The molecule has 0 saturated carbocycles. The quantitative estimate of drug-likeness (QED) is 0.0852. The van der Waals surface area contributed by atoms with E-state index in [1.807, 2.05) is 18.2 Å². The van der Waals surface area contributed by atoms with Gasteiger partial charge in [0.05, 0.1) is 0 Å². The molecule has 0 fully saturated rings. The lowest BCUT2D eigenvalue weighted by atomic mass is 9.83. The molecule has 2 nitrogen and oxygen atoms in total. The van der Waals surface area contributed by atoms with Gasteiger partial charge in [-0.1, -0.05) is 212 Å². The van der Waals surface area contributed by atoms with Gasteiger partial charge in [-0.05, 0) is 91.2 Å². The first-order valence-corrected chi connectivity index (χ1v) is 19.1. The molecule has 2 heteroatoms. The number of rotatable bonds is 10. The summed E-state index contributed by atoms with van der Waals surface area (Å²) in [4.78, 5) is 3.25. The van der Waals surface area contributed by atoms with Gasteiger partial charge >= 0.3 is 0 Å². The van der Waals surface area contributed by atoms with Crippen LogP contribution < -0.4 is 5.73 Å². The summed E-state index contributed by atoms with van der Waals surface area (Å²) in [6, 6.07) is 73.7. The van der Waals surface area contributed by atoms with Gasteiger partial charge in [-0.2, -0.15) is 0 Å². The van der Waals surface area contributed by atoms with Crippen LogP contribution in [0.5, 0.6) is 0 Å². The molecule has 8 rings (SSSR count). The maximum Gasteiger partial charge on any atom is 0.0393 e. The van der Waals surface area contributed by atoms with Crippen molar-refractivity contribution in [3.8, 4) is 22.3 Å². The molecule has 0 atom stereocenters. The molecule has 0 saturated heterocycles. The smallest absolute Gasteiger partial charge is 0.0393 e. The molecule has 0 aliphatic rings. The summed E-state index contributed by atoms with van der Waals surface area (Å²) in [6.07, 6.45) is 5.20. The Morgan fingerprint density at radius 3 is 1.64 bits per heavy atom. The van der Waals surface area contributed by atoms with Gasteiger partial charge < -0.3 is 10.7 Å². The fraction of sp³-hybridized carbons (Fsp3) is 0.0556.